The molecule has 3 unspecified atom stereocenters. The Bertz CT molecular complexity index is 703. The molecule has 2 aromatic carbocycles. The van der Waals surface area contributed by atoms with Crippen LogP contribution in [0.5, 0.6) is 11.5 Å². The van der Waals surface area contributed by atoms with Gasteiger partial charge in [0.05, 0.1) is 5.92 Å². The van der Waals surface area contributed by atoms with Crippen LogP contribution in [-0.4, -0.2) is 21.3 Å². The molecule has 0 aliphatic heterocycles. The summed E-state index contributed by atoms with van der Waals surface area (Å²) in [5.41, 5.74) is 1.09. The second kappa shape index (κ2) is 6.43. The van der Waals surface area contributed by atoms with Crippen LogP contribution in [0.25, 0.3) is 0 Å². The van der Waals surface area contributed by atoms with Gasteiger partial charge in [0.15, 0.2) is 0 Å². The van der Waals surface area contributed by atoms with Crippen LogP contribution >= 0.6 is 0 Å². The first-order valence-electron chi connectivity index (χ1n) is 8.66. The monoisotopic (exact) mass is 340 g/mol. The molecule has 0 amide bonds. The molecule has 1 fully saturated rings. The molecule has 132 valence electrons. The molecule has 1 aliphatic carbocycles. The summed E-state index contributed by atoms with van der Waals surface area (Å²) in [7, 11) is 0. The lowest BCUT2D eigenvalue weighted by molar-refractivity contribution is -0.148. The fraction of sp³-hybridized carbons (Fsp3) is 0.381. The number of aliphatic carboxylic acids is 1. The van der Waals surface area contributed by atoms with Crippen LogP contribution < -0.4 is 0 Å². The second-order valence-corrected chi connectivity index (χ2v) is 7.40. The van der Waals surface area contributed by atoms with Crippen LogP contribution in [-0.2, 0) is 10.2 Å². The summed E-state index contributed by atoms with van der Waals surface area (Å²) in [4.78, 5) is 12.3. The topological polar surface area (TPSA) is 77.8 Å². The van der Waals surface area contributed by atoms with Crippen LogP contribution in [0.2, 0.25) is 0 Å². The standard InChI is InChI=1S/C21H24O4/c1-13-11-14(2)19(20(24)25)21(12-13,15-3-7-17(22)8-4-15)16-5-9-18(23)10-6-16/h3-10,13-14,19,22-23H,11-12H2,1-2H3,(H,24,25). The van der Waals surface area contributed by atoms with Crippen molar-refractivity contribution in [2.75, 3.05) is 0 Å². The molecule has 1 aliphatic rings. The van der Waals surface area contributed by atoms with E-state index in [1.165, 1.54) is 0 Å². The maximum Gasteiger partial charge on any atom is 0.308 e. The highest BCUT2D eigenvalue weighted by molar-refractivity contribution is 5.75. The zero-order valence-electron chi connectivity index (χ0n) is 14.5. The Balaban J connectivity index is 2.27. The fourth-order valence-electron chi connectivity index (χ4n) is 4.75. The first kappa shape index (κ1) is 17.3. The van der Waals surface area contributed by atoms with Crippen molar-refractivity contribution in [2.45, 2.75) is 32.1 Å². The molecule has 3 N–H and O–H groups in total. The Kier molecular flexibility index (Phi) is 4.46. The Hall–Kier alpha value is -2.49. The molecule has 4 heteroatoms. The smallest absolute Gasteiger partial charge is 0.308 e. The highest BCUT2D eigenvalue weighted by Crippen LogP contribution is 2.53. The van der Waals surface area contributed by atoms with Gasteiger partial charge in [0.25, 0.3) is 0 Å². The number of carboxylic acids is 1. The quantitative estimate of drug-likeness (QED) is 0.784. The summed E-state index contributed by atoms with van der Waals surface area (Å²) < 4.78 is 0. The van der Waals surface area contributed by atoms with E-state index in [9.17, 15) is 20.1 Å². The maximum absolute atomic E-state index is 12.3. The van der Waals surface area contributed by atoms with E-state index in [4.69, 9.17) is 0 Å². The van der Waals surface area contributed by atoms with E-state index in [2.05, 4.69) is 6.92 Å². The molecule has 3 rings (SSSR count). The highest BCUT2D eigenvalue weighted by Gasteiger charge is 2.52. The lowest BCUT2D eigenvalue weighted by Crippen LogP contribution is -2.49. The number of phenols is 2. The van der Waals surface area contributed by atoms with Gasteiger partial charge in [0, 0.05) is 5.41 Å². The second-order valence-electron chi connectivity index (χ2n) is 7.40. The summed E-state index contributed by atoms with van der Waals surface area (Å²) in [6.45, 7) is 4.16. The van der Waals surface area contributed by atoms with E-state index in [0.29, 0.717) is 12.3 Å². The van der Waals surface area contributed by atoms with E-state index in [1.807, 2.05) is 31.2 Å². The van der Waals surface area contributed by atoms with Crippen molar-refractivity contribution in [3.8, 4) is 11.5 Å². The van der Waals surface area contributed by atoms with Crippen LogP contribution in [0, 0.1) is 17.8 Å². The third-order valence-corrected chi connectivity index (χ3v) is 5.58. The number of hydrogen-bond donors (Lipinski definition) is 3. The van der Waals surface area contributed by atoms with Crippen molar-refractivity contribution in [3.63, 3.8) is 0 Å². The molecule has 4 nitrogen and oxygen atoms in total. The van der Waals surface area contributed by atoms with Crippen molar-refractivity contribution in [3.05, 3.63) is 59.7 Å². The van der Waals surface area contributed by atoms with Gasteiger partial charge in [0.2, 0.25) is 0 Å². The SMILES string of the molecule is CC1CC(C)C(C(=O)O)C(c2ccc(O)cc2)(c2ccc(O)cc2)C1. The van der Waals surface area contributed by atoms with Crippen molar-refractivity contribution in [1.82, 2.24) is 0 Å². The van der Waals surface area contributed by atoms with Gasteiger partial charge in [-0.3, -0.25) is 4.79 Å². The molecule has 0 heterocycles. The number of hydrogen-bond acceptors (Lipinski definition) is 3. The summed E-state index contributed by atoms with van der Waals surface area (Å²) in [5, 5.41) is 29.4. The lowest BCUT2D eigenvalue weighted by atomic mass is 9.54. The molecule has 0 spiro atoms. The minimum atomic E-state index is -0.805. The van der Waals surface area contributed by atoms with Crippen molar-refractivity contribution >= 4 is 5.97 Å². The first-order valence-corrected chi connectivity index (χ1v) is 8.66. The number of rotatable bonds is 3. The van der Waals surface area contributed by atoms with Gasteiger partial charge >= 0.3 is 5.97 Å². The Labute approximate surface area is 147 Å². The molecule has 0 bridgehead atoms. The molecule has 3 atom stereocenters. The number of carbonyl (C=O) groups is 1. The Morgan fingerprint density at radius 2 is 1.36 bits per heavy atom. The number of benzene rings is 2. The van der Waals surface area contributed by atoms with Crippen LogP contribution in [0.3, 0.4) is 0 Å². The molecule has 2 aromatic rings. The minimum Gasteiger partial charge on any atom is -0.508 e. The van der Waals surface area contributed by atoms with Gasteiger partial charge in [-0.25, -0.2) is 0 Å². The van der Waals surface area contributed by atoms with E-state index >= 15 is 0 Å². The van der Waals surface area contributed by atoms with E-state index in [-0.39, 0.29) is 17.4 Å². The predicted molar refractivity (Wildman–Crippen MR) is 95.7 cm³/mol. The van der Waals surface area contributed by atoms with Crippen molar-refractivity contribution in [1.29, 1.82) is 0 Å². The molecule has 0 aromatic heterocycles. The van der Waals surface area contributed by atoms with E-state index in [1.54, 1.807) is 24.3 Å². The zero-order chi connectivity index (χ0) is 18.2. The van der Waals surface area contributed by atoms with Crippen molar-refractivity contribution in [2.24, 2.45) is 17.8 Å². The van der Waals surface area contributed by atoms with Gasteiger partial charge < -0.3 is 15.3 Å². The third kappa shape index (κ3) is 2.97. The molecule has 1 saturated carbocycles. The van der Waals surface area contributed by atoms with Crippen LogP contribution in [0.15, 0.2) is 48.5 Å². The number of aromatic hydroxyl groups is 2. The number of carboxylic acid groups (broad SMARTS) is 1. The Morgan fingerprint density at radius 1 is 0.920 bits per heavy atom. The average Bonchev–Trinajstić information content (AvgIpc) is 2.54. The van der Waals surface area contributed by atoms with Gasteiger partial charge in [0.1, 0.15) is 11.5 Å². The van der Waals surface area contributed by atoms with Crippen LogP contribution in [0.1, 0.15) is 37.8 Å². The Morgan fingerprint density at radius 3 is 1.76 bits per heavy atom. The summed E-state index contributed by atoms with van der Waals surface area (Å²) >= 11 is 0. The third-order valence-electron chi connectivity index (χ3n) is 5.58. The molecular weight excluding hydrogens is 316 g/mol. The lowest BCUT2D eigenvalue weighted by Gasteiger charge is -2.48. The zero-order valence-corrected chi connectivity index (χ0v) is 14.5. The van der Waals surface area contributed by atoms with Gasteiger partial charge in [-0.1, -0.05) is 38.1 Å². The highest BCUT2D eigenvalue weighted by atomic mass is 16.4. The van der Waals surface area contributed by atoms with Gasteiger partial charge in [-0.2, -0.15) is 0 Å². The predicted octanol–water partition coefficient (Wildman–Crippen LogP) is 4.15. The summed E-state index contributed by atoms with van der Waals surface area (Å²) in [6.07, 6.45) is 1.58. The largest absolute Gasteiger partial charge is 0.508 e. The fourth-order valence-corrected chi connectivity index (χ4v) is 4.75. The van der Waals surface area contributed by atoms with Gasteiger partial charge in [-0.05, 0) is 60.1 Å². The first-order chi connectivity index (χ1) is 11.8. The molecular formula is C21H24O4. The van der Waals surface area contributed by atoms with E-state index in [0.717, 1.165) is 17.5 Å². The molecule has 25 heavy (non-hydrogen) atoms. The molecule has 0 radical (unpaired) electrons. The average molecular weight is 340 g/mol. The number of phenolic OH excluding ortho intramolecular Hbond substituents is 2. The maximum atomic E-state index is 12.3. The normalized spacial score (nSPS) is 25.4. The van der Waals surface area contributed by atoms with Gasteiger partial charge in [-0.15, -0.1) is 0 Å². The van der Waals surface area contributed by atoms with E-state index < -0.39 is 17.3 Å². The van der Waals surface area contributed by atoms with Crippen LogP contribution in [0.4, 0.5) is 0 Å². The molecule has 0 saturated heterocycles. The summed E-state index contributed by atoms with van der Waals surface area (Å²) in [6, 6.07) is 13.7. The van der Waals surface area contributed by atoms with Crippen molar-refractivity contribution < 1.29 is 20.1 Å². The summed E-state index contributed by atoms with van der Waals surface area (Å²) in [5.74, 6) is -0.669. The minimum absolute atomic E-state index is 0.0175.